The molecule has 0 aliphatic carbocycles. The molecule has 36 heavy (non-hydrogen) atoms. The van der Waals surface area contributed by atoms with Crippen LogP contribution in [0.1, 0.15) is 32.7 Å². The van der Waals surface area contributed by atoms with Crippen molar-refractivity contribution in [3.8, 4) is 5.75 Å². The highest BCUT2D eigenvalue weighted by atomic mass is 19.1. The summed E-state index contributed by atoms with van der Waals surface area (Å²) in [6.45, 7) is -0.144. The molecule has 1 aliphatic heterocycles. The molecule has 0 aromatic heterocycles. The van der Waals surface area contributed by atoms with E-state index in [2.05, 4.69) is 5.32 Å². The van der Waals surface area contributed by atoms with Crippen molar-refractivity contribution in [2.75, 3.05) is 18.6 Å². The topological polar surface area (TPSA) is 102 Å². The van der Waals surface area contributed by atoms with Gasteiger partial charge in [-0.05, 0) is 54.1 Å². The quantitative estimate of drug-likeness (QED) is 0.279. The zero-order valence-corrected chi connectivity index (χ0v) is 19.4. The Morgan fingerprint density at radius 1 is 1.00 bits per heavy atom. The largest absolute Gasteiger partial charge is 0.497 e. The van der Waals surface area contributed by atoms with E-state index in [0.29, 0.717) is 23.5 Å². The number of carbonyl (C=O) groups excluding carboxylic acids is 4. The van der Waals surface area contributed by atoms with Crippen LogP contribution < -0.4 is 15.0 Å². The minimum atomic E-state index is -0.713. The molecule has 2 amide bonds. The third-order valence-electron chi connectivity index (χ3n) is 5.70. The predicted octanol–water partition coefficient (Wildman–Crippen LogP) is 3.30. The summed E-state index contributed by atoms with van der Waals surface area (Å²) in [5, 5.41) is 3.03. The molecular formula is C27H23FN2O6. The van der Waals surface area contributed by atoms with Gasteiger partial charge in [0, 0.05) is 12.1 Å². The normalized spacial score (nSPS) is 15.2. The molecule has 1 unspecified atom stereocenters. The zero-order chi connectivity index (χ0) is 25.7. The number of halogens is 1. The molecule has 9 heteroatoms. The second kappa shape index (κ2) is 10.9. The molecule has 0 bridgehead atoms. The minimum Gasteiger partial charge on any atom is -0.497 e. The molecule has 184 valence electrons. The van der Waals surface area contributed by atoms with Gasteiger partial charge in [0.1, 0.15) is 11.6 Å². The maximum atomic E-state index is 13.1. The Labute approximate surface area is 206 Å². The summed E-state index contributed by atoms with van der Waals surface area (Å²) in [6, 6.07) is 17.4. The molecule has 0 radical (unpaired) electrons. The van der Waals surface area contributed by atoms with E-state index in [-0.39, 0.29) is 29.5 Å². The van der Waals surface area contributed by atoms with Crippen LogP contribution in [-0.4, -0.2) is 43.3 Å². The van der Waals surface area contributed by atoms with Gasteiger partial charge in [0.15, 0.2) is 12.4 Å². The van der Waals surface area contributed by atoms with E-state index < -0.39 is 24.5 Å². The fourth-order valence-corrected chi connectivity index (χ4v) is 3.75. The summed E-state index contributed by atoms with van der Waals surface area (Å²) in [6.07, 6.45) is -0.0177. The van der Waals surface area contributed by atoms with Gasteiger partial charge in [-0.2, -0.15) is 0 Å². The van der Waals surface area contributed by atoms with E-state index in [4.69, 9.17) is 9.47 Å². The van der Waals surface area contributed by atoms with Crippen molar-refractivity contribution < 1.29 is 33.0 Å². The summed E-state index contributed by atoms with van der Waals surface area (Å²) in [5.74, 6) is -1.73. The van der Waals surface area contributed by atoms with E-state index in [1.54, 1.807) is 36.4 Å². The highest BCUT2D eigenvalue weighted by Crippen LogP contribution is 2.24. The average Bonchev–Trinajstić information content (AvgIpc) is 3.19. The fourth-order valence-electron chi connectivity index (χ4n) is 3.75. The van der Waals surface area contributed by atoms with Crippen molar-refractivity contribution in [2.24, 2.45) is 0 Å². The Morgan fingerprint density at radius 3 is 2.42 bits per heavy atom. The van der Waals surface area contributed by atoms with Crippen LogP contribution in [0.3, 0.4) is 0 Å². The lowest BCUT2D eigenvalue weighted by Gasteiger charge is -2.16. The van der Waals surface area contributed by atoms with Crippen molar-refractivity contribution in [1.82, 2.24) is 5.32 Å². The lowest BCUT2D eigenvalue weighted by atomic mass is 10.1. The lowest BCUT2D eigenvalue weighted by molar-refractivity contribution is -0.121. The van der Waals surface area contributed by atoms with Crippen LogP contribution in [0.4, 0.5) is 10.1 Å². The number of Topliss-reactive ketones (excluding diaryl/α,β-unsaturated/α-hetero) is 1. The van der Waals surface area contributed by atoms with E-state index >= 15 is 0 Å². The van der Waals surface area contributed by atoms with Gasteiger partial charge < -0.3 is 14.8 Å². The number of carbonyl (C=O) groups is 4. The number of esters is 1. The van der Waals surface area contributed by atoms with Gasteiger partial charge >= 0.3 is 5.97 Å². The van der Waals surface area contributed by atoms with Crippen LogP contribution in [0.25, 0.3) is 0 Å². The van der Waals surface area contributed by atoms with Gasteiger partial charge in [-0.15, -0.1) is 0 Å². The molecule has 1 saturated heterocycles. The third-order valence-corrected chi connectivity index (χ3v) is 5.70. The Kier molecular flexibility index (Phi) is 7.50. The number of imide groups is 1. The van der Waals surface area contributed by atoms with Crippen molar-refractivity contribution >= 4 is 29.3 Å². The molecular weight excluding hydrogens is 467 g/mol. The molecule has 1 fully saturated rings. The number of anilines is 1. The number of methoxy groups -OCH3 is 1. The summed E-state index contributed by atoms with van der Waals surface area (Å²) in [4.78, 5) is 51.1. The average molecular weight is 490 g/mol. The van der Waals surface area contributed by atoms with E-state index in [1.807, 2.05) is 0 Å². The Balaban J connectivity index is 1.34. The number of amides is 2. The second-order valence-corrected chi connectivity index (χ2v) is 8.11. The number of rotatable bonds is 9. The first-order valence-corrected chi connectivity index (χ1v) is 11.1. The molecule has 1 atom stereocenters. The lowest BCUT2D eigenvalue weighted by Crippen LogP contribution is -2.38. The molecule has 3 aromatic rings. The van der Waals surface area contributed by atoms with Crippen LogP contribution >= 0.6 is 0 Å². The van der Waals surface area contributed by atoms with Crippen molar-refractivity contribution in [3.63, 3.8) is 0 Å². The fraction of sp³-hybridized carbons (Fsp3) is 0.185. The third kappa shape index (κ3) is 5.64. The maximum absolute atomic E-state index is 13.1. The SMILES string of the molecule is COc1cccc(C(=O)COC(=O)c2ccc(N3C(=O)CC(NCc4ccc(F)cc4)C3=O)cc2)c1. The summed E-state index contributed by atoms with van der Waals surface area (Å²) < 4.78 is 23.3. The number of ether oxygens (including phenoxy) is 2. The molecule has 0 spiro atoms. The van der Waals surface area contributed by atoms with Crippen molar-refractivity contribution in [2.45, 2.75) is 19.0 Å². The monoisotopic (exact) mass is 490 g/mol. The van der Waals surface area contributed by atoms with Gasteiger partial charge in [-0.1, -0.05) is 24.3 Å². The summed E-state index contributed by atoms with van der Waals surface area (Å²) >= 11 is 0. The minimum absolute atomic E-state index is 0.0177. The zero-order valence-electron chi connectivity index (χ0n) is 19.4. The first-order chi connectivity index (χ1) is 17.4. The standard InChI is InChI=1S/C27H23FN2O6/c1-35-22-4-2-3-19(13-22)24(31)16-36-27(34)18-7-11-21(12-8-18)30-25(32)14-23(26(30)33)29-15-17-5-9-20(28)10-6-17/h2-13,23,29H,14-16H2,1H3. The number of nitrogens with zero attached hydrogens (tertiary/aromatic N) is 1. The van der Waals surface area contributed by atoms with Crippen LogP contribution in [0.5, 0.6) is 5.75 Å². The molecule has 1 N–H and O–H groups in total. The first kappa shape index (κ1) is 24.7. The molecule has 0 saturated carbocycles. The Bertz CT molecular complexity index is 1290. The second-order valence-electron chi connectivity index (χ2n) is 8.11. The summed E-state index contributed by atoms with van der Waals surface area (Å²) in [5.41, 5.74) is 1.62. The van der Waals surface area contributed by atoms with Crippen LogP contribution in [0.15, 0.2) is 72.8 Å². The van der Waals surface area contributed by atoms with Gasteiger partial charge in [0.05, 0.1) is 30.8 Å². The van der Waals surface area contributed by atoms with Crippen LogP contribution in [-0.2, 0) is 20.9 Å². The Hall–Kier alpha value is -4.37. The molecule has 8 nitrogen and oxygen atoms in total. The number of hydrogen-bond donors (Lipinski definition) is 1. The van der Waals surface area contributed by atoms with Crippen LogP contribution in [0.2, 0.25) is 0 Å². The van der Waals surface area contributed by atoms with Crippen LogP contribution in [0, 0.1) is 5.82 Å². The number of ketones is 1. The van der Waals surface area contributed by atoms with Crippen molar-refractivity contribution in [3.05, 3.63) is 95.3 Å². The van der Waals surface area contributed by atoms with E-state index in [1.165, 1.54) is 43.5 Å². The highest BCUT2D eigenvalue weighted by Gasteiger charge is 2.39. The molecule has 1 heterocycles. The maximum Gasteiger partial charge on any atom is 0.338 e. The first-order valence-electron chi connectivity index (χ1n) is 11.1. The van der Waals surface area contributed by atoms with Gasteiger partial charge in [0.2, 0.25) is 5.91 Å². The van der Waals surface area contributed by atoms with Crippen molar-refractivity contribution in [1.29, 1.82) is 0 Å². The molecule has 3 aromatic carbocycles. The molecule has 4 rings (SSSR count). The number of benzene rings is 3. The van der Waals surface area contributed by atoms with Gasteiger partial charge in [-0.3, -0.25) is 14.4 Å². The number of hydrogen-bond acceptors (Lipinski definition) is 7. The predicted molar refractivity (Wildman–Crippen MR) is 128 cm³/mol. The van der Waals surface area contributed by atoms with Gasteiger partial charge in [-0.25, -0.2) is 14.1 Å². The number of nitrogens with one attached hydrogen (secondary N) is 1. The van der Waals surface area contributed by atoms with E-state index in [9.17, 15) is 23.6 Å². The smallest absolute Gasteiger partial charge is 0.338 e. The molecule has 1 aliphatic rings. The Morgan fingerprint density at radius 2 is 1.72 bits per heavy atom. The highest BCUT2D eigenvalue weighted by molar-refractivity contribution is 6.22. The summed E-state index contributed by atoms with van der Waals surface area (Å²) in [7, 11) is 1.49. The van der Waals surface area contributed by atoms with Gasteiger partial charge in [0.25, 0.3) is 5.91 Å². The van der Waals surface area contributed by atoms with E-state index in [0.717, 1.165) is 10.5 Å².